The highest BCUT2D eigenvalue weighted by Crippen LogP contribution is 2.32. The van der Waals surface area contributed by atoms with Gasteiger partial charge in [-0.2, -0.15) is 0 Å². The van der Waals surface area contributed by atoms with Gasteiger partial charge in [-0.3, -0.25) is 10.1 Å². The van der Waals surface area contributed by atoms with E-state index < -0.39 is 11.0 Å². The van der Waals surface area contributed by atoms with E-state index in [1.54, 1.807) is 0 Å². The first-order valence-corrected chi connectivity index (χ1v) is 4.79. The fraction of sp³-hybridized carbons (Fsp3) is 0.400. The van der Waals surface area contributed by atoms with E-state index in [4.69, 9.17) is 4.42 Å². The summed E-state index contributed by atoms with van der Waals surface area (Å²) in [6, 6.07) is 2.70. The van der Waals surface area contributed by atoms with Crippen molar-refractivity contribution in [3.8, 4) is 0 Å². The van der Waals surface area contributed by atoms with Crippen molar-refractivity contribution in [2.45, 2.75) is 25.4 Å². The molecule has 0 aliphatic heterocycles. The molecule has 5 nitrogen and oxygen atoms in total. The first-order chi connectivity index (χ1) is 7.18. The summed E-state index contributed by atoms with van der Waals surface area (Å²) in [7, 11) is 0. The van der Waals surface area contributed by atoms with Crippen LogP contribution >= 0.6 is 0 Å². The lowest BCUT2D eigenvalue weighted by Crippen LogP contribution is -1.97. The van der Waals surface area contributed by atoms with Crippen LogP contribution in [0.5, 0.6) is 0 Å². The highest BCUT2D eigenvalue weighted by molar-refractivity contribution is 5.25. The SMILES string of the molecule is O=[N+]([O-])c1ccc(C(O)C2=CCCC2)o1. The summed E-state index contributed by atoms with van der Waals surface area (Å²) in [6.45, 7) is 0. The number of nitrogens with zero attached hydrogens (tertiary/aromatic N) is 1. The molecule has 5 heteroatoms. The standard InChI is InChI=1S/C10H11NO4/c12-10(7-3-1-2-4-7)8-5-6-9(15-8)11(13)14/h3,5-6,10,12H,1-2,4H2. The summed E-state index contributed by atoms with van der Waals surface area (Å²) in [5, 5.41) is 20.2. The van der Waals surface area contributed by atoms with E-state index >= 15 is 0 Å². The van der Waals surface area contributed by atoms with Gasteiger partial charge in [-0.25, -0.2) is 0 Å². The Morgan fingerprint density at radius 1 is 1.53 bits per heavy atom. The smallest absolute Gasteiger partial charge is 0.403 e. The molecule has 0 bridgehead atoms. The molecule has 0 fully saturated rings. The highest BCUT2D eigenvalue weighted by Gasteiger charge is 2.22. The van der Waals surface area contributed by atoms with E-state index in [1.165, 1.54) is 12.1 Å². The molecule has 0 aromatic carbocycles. The van der Waals surface area contributed by atoms with E-state index in [9.17, 15) is 15.2 Å². The highest BCUT2D eigenvalue weighted by atomic mass is 16.6. The Bertz CT molecular complexity index is 407. The molecule has 1 aromatic rings. The predicted molar refractivity (Wildman–Crippen MR) is 52.3 cm³/mol. The van der Waals surface area contributed by atoms with Gasteiger partial charge >= 0.3 is 5.88 Å². The molecule has 15 heavy (non-hydrogen) atoms. The quantitative estimate of drug-likeness (QED) is 0.471. The average molecular weight is 209 g/mol. The van der Waals surface area contributed by atoms with Gasteiger partial charge in [0.15, 0.2) is 0 Å². The van der Waals surface area contributed by atoms with Crippen molar-refractivity contribution in [1.29, 1.82) is 0 Å². The van der Waals surface area contributed by atoms with Gasteiger partial charge in [-0.1, -0.05) is 6.08 Å². The third-order valence-corrected chi connectivity index (χ3v) is 2.49. The van der Waals surface area contributed by atoms with Gasteiger partial charge in [0, 0.05) is 0 Å². The van der Waals surface area contributed by atoms with Crippen LogP contribution in [-0.2, 0) is 0 Å². The van der Waals surface area contributed by atoms with Crippen LogP contribution in [-0.4, -0.2) is 10.0 Å². The number of aliphatic hydroxyl groups excluding tert-OH is 1. The van der Waals surface area contributed by atoms with Gasteiger partial charge in [-0.05, 0) is 30.9 Å². The molecule has 0 spiro atoms. The van der Waals surface area contributed by atoms with Crippen molar-refractivity contribution >= 4 is 5.88 Å². The Kier molecular flexibility index (Phi) is 2.55. The third-order valence-electron chi connectivity index (χ3n) is 2.49. The predicted octanol–water partition coefficient (Wildman–Crippen LogP) is 2.33. The lowest BCUT2D eigenvalue weighted by atomic mass is 10.1. The maximum absolute atomic E-state index is 10.4. The van der Waals surface area contributed by atoms with E-state index in [1.807, 2.05) is 6.08 Å². The minimum Gasteiger partial charge on any atom is -0.403 e. The number of aliphatic hydroxyl groups is 1. The lowest BCUT2D eigenvalue weighted by molar-refractivity contribution is -0.402. The van der Waals surface area contributed by atoms with Crippen molar-refractivity contribution in [2.75, 3.05) is 0 Å². The molecule has 1 aliphatic carbocycles. The zero-order chi connectivity index (χ0) is 10.8. The molecule has 1 N–H and O–H groups in total. The first kappa shape index (κ1) is 9.92. The molecular weight excluding hydrogens is 198 g/mol. The van der Waals surface area contributed by atoms with E-state index in [0.29, 0.717) is 0 Å². The van der Waals surface area contributed by atoms with Gasteiger partial charge in [0.1, 0.15) is 16.8 Å². The Morgan fingerprint density at radius 2 is 2.33 bits per heavy atom. The lowest BCUT2D eigenvalue weighted by Gasteiger charge is -2.07. The number of hydrogen-bond acceptors (Lipinski definition) is 4. The number of rotatable bonds is 3. The molecule has 0 amide bonds. The van der Waals surface area contributed by atoms with Crippen LogP contribution in [0.4, 0.5) is 5.88 Å². The molecule has 1 aromatic heterocycles. The minimum absolute atomic E-state index is 0.245. The summed E-state index contributed by atoms with van der Waals surface area (Å²) >= 11 is 0. The van der Waals surface area contributed by atoms with Crippen molar-refractivity contribution < 1.29 is 14.4 Å². The number of allylic oxidation sites excluding steroid dienone is 1. The topological polar surface area (TPSA) is 76.5 Å². The van der Waals surface area contributed by atoms with Crippen LogP contribution in [0.1, 0.15) is 31.1 Å². The van der Waals surface area contributed by atoms with E-state index in [2.05, 4.69) is 0 Å². The van der Waals surface area contributed by atoms with E-state index in [0.717, 1.165) is 24.8 Å². The average Bonchev–Trinajstić information content (AvgIpc) is 2.88. The maximum Gasteiger partial charge on any atom is 0.433 e. The second-order valence-electron chi connectivity index (χ2n) is 3.51. The Labute approximate surface area is 86.2 Å². The summed E-state index contributed by atoms with van der Waals surface area (Å²) < 4.78 is 4.93. The fourth-order valence-corrected chi connectivity index (χ4v) is 1.71. The van der Waals surface area contributed by atoms with Gasteiger partial charge in [0.2, 0.25) is 0 Å². The number of nitro groups is 1. The largest absolute Gasteiger partial charge is 0.433 e. The van der Waals surface area contributed by atoms with Crippen LogP contribution in [0.15, 0.2) is 28.2 Å². The number of furan rings is 1. The minimum atomic E-state index is -0.832. The third kappa shape index (κ3) is 1.92. The van der Waals surface area contributed by atoms with Gasteiger partial charge < -0.3 is 9.52 Å². The molecule has 1 heterocycles. The summed E-state index contributed by atoms with van der Waals surface area (Å²) in [6.07, 6.45) is 3.93. The Morgan fingerprint density at radius 3 is 2.87 bits per heavy atom. The van der Waals surface area contributed by atoms with Gasteiger partial charge in [0.05, 0.1) is 6.07 Å². The molecule has 0 saturated carbocycles. The van der Waals surface area contributed by atoms with Crippen molar-refractivity contribution in [2.24, 2.45) is 0 Å². The summed E-state index contributed by atoms with van der Waals surface area (Å²) in [5.74, 6) is -0.0857. The zero-order valence-corrected chi connectivity index (χ0v) is 8.05. The normalized spacial score (nSPS) is 17.5. The molecule has 1 unspecified atom stereocenters. The first-order valence-electron chi connectivity index (χ1n) is 4.79. The van der Waals surface area contributed by atoms with Crippen LogP contribution in [0.25, 0.3) is 0 Å². The molecule has 1 atom stereocenters. The van der Waals surface area contributed by atoms with Crippen LogP contribution < -0.4 is 0 Å². The Balaban J connectivity index is 2.18. The fourth-order valence-electron chi connectivity index (χ4n) is 1.71. The molecule has 2 rings (SSSR count). The van der Waals surface area contributed by atoms with E-state index in [-0.39, 0.29) is 11.6 Å². The molecule has 1 aliphatic rings. The molecule has 0 radical (unpaired) electrons. The van der Waals surface area contributed by atoms with Crippen LogP contribution in [0.2, 0.25) is 0 Å². The Hall–Kier alpha value is -1.62. The number of hydrogen-bond donors (Lipinski definition) is 1. The maximum atomic E-state index is 10.4. The second kappa shape index (κ2) is 3.86. The van der Waals surface area contributed by atoms with Crippen molar-refractivity contribution in [3.63, 3.8) is 0 Å². The molecule has 0 saturated heterocycles. The second-order valence-corrected chi connectivity index (χ2v) is 3.51. The monoisotopic (exact) mass is 209 g/mol. The summed E-state index contributed by atoms with van der Waals surface area (Å²) in [4.78, 5) is 9.76. The van der Waals surface area contributed by atoms with Gasteiger partial charge in [-0.15, -0.1) is 0 Å². The van der Waals surface area contributed by atoms with Gasteiger partial charge in [0.25, 0.3) is 0 Å². The zero-order valence-electron chi connectivity index (χ0n) is 8.05. The molecular formula is C10H11NO4. The van der Waals surface area contributed by atoms with Crippen LogP contribution in [0, 0.1) is 10.1 Å². The molecule has 80 valence electrons. The van der Waals surface area contributed by atoms with Crippen molar-refractivity contribution in [3.05, 3.63) is 39.7 Å². The van der Waals surface area contributed by atoms with Crippen LogP contribution in [0.3, 0.4) is 0 Å². The summed E-state index contributed by atoms with van der Waals surface area (Å²) in [5.41, 5.74) is 0.888. The van der Waals surface area contributed by atoms with Crippen molar-refractivity contribution in [1.82, 2.24) is 0 Å².